The number of nitrogens with zero attached hydrogens (tertiary/aromatic N) is 6. The Balaban J connectivity index is 0.00000323. The summed E-state index contributed by atoms with van der Waals surface area (Å²) >= 11 is 17.8. The van der Waals surface area contributed by atoms with Crippen LogP contribution in [0, 0.1) is 18.9 Å². The first kappa shape index (κ1) is 38.0. The first-order valence-electron chi connectivity index (χ1n) is 10.6. The van der Waals surface area contributed by atoms with Crippen LogP contribution in [0.15, 0.2) is 49.4 Å². The molecule has 1 amide bonds. The summed E-state index contributed by atoms with van der Waals surface area (Å²) in [5.74, 6) is -2.32. The van der Waals surface area contributed by atoms with Gasteiger partial charge in [-0.05, 0) is 43.7 Å². The van der Waals surface area contributed by atoms with E-state index in [0.29, 0.717) is 5.01 Å². The number of carbonyl (C=O) groups is 1. The molecule has 0 saturated carbocycles. The van der Waals surface area contributed by atoms with Crippen molar-refractivity contribution in [2.45, 2.75) is 29.7 Å². The molecule has 4 rings (SSSR count). The summed E-state index contributed by atoms with van der Waals surface area (Å²) in [5.41, 5.74) is -1.43. The Kier molecular flexibility index (Phi) is 12.4. The SMILES string of the molecule is CC1=NN(c2cc(Cl)c(S(=O)(=O)[O-])cc2Cl)C(=O)C1N=Nc1cc(-c2nc(F)nc(F)c2Cl)c(C)cc1S(=O)(=O)[O-].[Na+].[Na+]. The van der Waals surface area contributed by atoms with E-state index >= 15 is 0 Å². The average molecular weight is 714 g/mol. The maximum atomic E-state index is 13.9. The summed E-state index contributed by atoms with van der Waals surface area (Å²) < 4.78 is 97.6. The summed E-state index contributed by atoms with van der Waals surface area (Å²) in [7, 11) is -10.2. The van der Waals surface area contributed by atoms with Crippen LogP contribution in [0.5, 0.6) is 0 Å². The Morgan fingerprint density at radius 2 is 1.51 bits per heavy atom. The van der Waals surface area contributed by atoms with Crippen LogP contribution in [0.1, 0.15) is 12.5 Å². The van der Waals surface area contributed by atoms with Gasteiger partial charge in [0.2, 0.25) is 5.95 Å². The molecule has 1 aliphatic rings. The number of amides is 1. The van der Waals surface area contributed by atoms with Crippen molar-refractivity contribution in [3.05, 3.63) is 56.9 Å². The molecule has 1 aromatic heterocycles. The maximum absolute atomic E-state index is 13.9. The third kappa shape index (κ3) is 7.97. The van der Waals surface area contributed by atoms with Crippen molar-refractivity contribution in [3.63, 3.8) is 0 Å². The van der Waals surface area contributed by atoms with E-state index < -0.39 is 75.4 Å². The summed E-state index contributed by atoms with van der Waals surface area (Å²) in [5, 5.41) is 10.6. The molecule has 0 spiro atoms. The fraction of sp³-hybridized carbons (Fsp3) is 0.143. The zero-order valence-corrected chi connectivity index (χ0v) is 30.0. The number of aryl methyl sites for hydroxylation is 1. The molecule has 1 atom stereocenters. The fourth-order valence-corrected chi connectivity index (χ4v) is 5.80. The van der Waals surface area contributed by atoms with E-state index in [0.717, 1.165) is 24.3 Å². The summed E-state index contributed by atoms with van der Waals surface area (Å²) in [6.07, 6.45) is -1.48. The van der Waals surface area contributed by atoms with E-state index in [2.05, 4.69) is 25.3 Å². The maximum Gasteiger partial charge on any atom is 1.00 e. The molecule has 13 nitrogen and oxygen atoms in total. The van der Waals surface area contributed by atoms with Gasteiger partial charge in [-0.3, -0.25) is 4.79 Å². The minimum Gasteiger partial charge on any atom is -0.744 e. The average Bonchev–Trinajstić information content (AvgIpc) is 3.13. The van der Waals surface area contributed by atoms with Gasteiger partial charge < -0.3 is 9.11 Å². The normalized spacial score (nSPS) is 15.4. The number of aromatic nitrogens is 2. The van der Waals surface area contributed by atoms with Gasteiger partial charge in [0.1, 0.15) is 30.9 Å². The number of carbonyl (C=O) groups excluding carboxylic acids is 1. The van der Waals surface area contributed by atoms with Gasteiger partial charge in [-0.15, -0.1) is 0 Å². The molecule has 0 fully saturated rings. The van der Waals surface area contributed by atoms with E-state index in [9.17, 15) is 39.5 Å². The molecule has 1 unspecified atom stereocenters. The largest absolute Gasteiger partial charge is 1.00 e. The molecule has 2 heterocycles. The van der Waals surface area contributed by atoms with Crippen molar-refractivity contribution < 1.29 is 98.6 Å². The quantitative estimate of drug-likeness (QED) is 0.0948. The van der Waals surface area contributed by atoms with E-state index in [1.807, 2.05) is 0 Å². The minimum atomic E-state index is -5.18. The molecule has 0 aliphatic carbocycles. The van der Waals surface area contributed by atoms with E-state index in [1.165, 1.54) is 13.8 Å². The Hall–Kier alpha value is -1.19. The van der Waals surface area contributed by atoms with Crippen molar-refractivity contribution in [3.8, 4) is 11.3 Å². The van der Waals surface area contributed by atoms with Crippen LogP contribution in [0.3, 0.4) is 0 Å². The minimum absolute atomic E-state index is 0. The second kappa shape index (κ2) is 14.1. The third-order valence-electron chi connectivity index (χ3n) is 5.49. The number of azo groups is 1. The topological polar surface area (TPSA) is 198 Å². The smallest absolute Gasteiger partial charge is 0.744 e. The zero-order valence-electron chi connectivity index (χ0n) is 22.1. The van der Waals surface area contributed by atoms with Crippen molar-refractivity contribution in [2.75, 3.05) is 5.01 Å². The van der Waals surface area contributed by atoms with Gasteiger partial charge in [0.15, 0.2) is 6.04 Å². The predicted octanol–water partition coefficient (Wildman–Crippen LogP) is -1.62. The van der Waals surface area contributed by atoms with Crippen LogP contribution >= 0.6 is 34.8 Å². The molecule has 0 N–H and O–H groups in total. The van der Waals surface area contributed by atoms with Gasteiger partial charge in [-0.25, -0.2) is 21.8 Å². The van der Waals surface area contributed by atoms with E-state index in [4.69, 9.17) is 34.8 Å². The Morgan fingerprint density at radius 3 is 2.09 bits per heavy atom. The molecular formula is C21H11Cl3F2N6Na2O7S2. The number of hydrogen-bond donors (Lipinski definition) is 0. The molecule has 0 bridgehead atoms. The molecule has 1 aliphatic heterocycles. The monoisotopic (exact) mass is 712 g/mol. The molecule has 43 heavy (non-hydrogen) atoms. The van der Waals surface area contributed by atoms with Gasteiger partial charge in [0.05, 0.1) is 36.9 Å². The van der Waals surface area contributed by atoms with Crippen molar-refractivity contribution in [1.82, 2.24) is 9.97 Å². The first-order valence-corrected chi connectivity index (χ1v) is 14.6. The van der Waals surface area contributed by atoms with Gasteiger partial charge in [-0.1, -0.05) is 34.8 Å². The van der Waals surface area contributed by atoms with E-state index in [1.54, 1.807) is 0 Å². The Bertz CT molecular complexity index is 1940. The van der Waals surface area contributed by atoms with Crippen LogP contribution in [-0.4, -0.2) is 53.6 Å². The summed E-state index contributed by atoms with van der Waals surface area (Å²) in [4.78, 5) is 17.7. The van der Waals surface area contributed by atoms with Crippen LogP contribution in [0.2, 0.25) is 15.1 Å². The molecule has 0 saturated heterocycles. The molecular weight excluding hydrogens is 703 g/mol. The van der Waals surface area contributed by atoms with Crippen LogP contribution in [0.25, 0.3) is 11.3 Å². The van der Waals surface area contributed by atoms with Gasteiger partial charge in [-0.2, -0.15) is 34.1 Å². The summed E-state index contributed by atoms with van der Waals surface area (Å²) in [6, 6.07) is 1.94. The van der Waals surface area contributed by atoms with Crippen molar-refractivity contribution in [1.29, 1.82) is 0 Å². The number of anilines is 1. The number of rotatable bonds is 6. The number of halogens is 5. The van der Waals surface area contributed by atoms with E-state index in [-0.39, 0.29) is 86.7 Å². The molecule has 2 aromatic carbocycles. The second-order valence-electron chi connectivity index (χ2n) is 8.23. The van der Waals surface area contributed by atoms with Crippen LogP contribution in [-0.2, 0) is 25.0 Å². The van der Waals surface area contributed by atoms with Crippen LogP contribution in [0.4, 0.5) is 20.2 Å². The standard InChI is InChI=1S/C21H13Cl3F2N6O7S2.2Na/c1-7-3-15(41(37,38)39)12(4-9(7)18-16(24)19(25)28-21(26)27-18)29-30-17-8(2)31-32(20(17)33)13-5-11(23)14(6-10(13)22)40(34,35)36;;/h3-6,17H,1-2H3,(H,34,35,36)(H,37,38,39);;/q;2*+1/p-2. The van der Waals surface area contributed by atoms with Crippen molar-refractivity contribution in [2.24, 2.45) is 15.3 Å². The zero-order chi connectivity index (χ0) is 30.6. The molecule has 216 valence electrons. The van der Waals surface area contributed by atoms with Gasteiger partial charge in [0, 0.05) is 5.56 Å². The number of hydrazone groups is 1. The molecule has 0 radical (unpaired) electrons. The fourth-order valence-electron chi connectivity index (χ4n) is 3.63. The Labute approximate surface area is 301 Å². The second-order valence-corrected chi connectivity index (χ2v) is 12.1. The third-order valence-corrected chi connectivity index (χ3v) is 8.29. The van der Waals surface area contributed by atoms with Gasteiger partial charge >= 0.3 is 65.2 Å². The Morgan fingerprint density at radius 1 is 0.907 bits per heavy atom. The number of benzene rings is 2. The van der Waals surface area contributed by atoms with Crippen LogP contribution < -0.4 is 64.1 Å². The van der Waals surface area contributed by atoms with Gasteiger partial charge in [0.25, 0.3) is 5.91 Å². The molecule has 22 heteroatoms. The summed E-state index contributed by atoms with van der Waals surface area (Å²) in [6.45, 7) is 2.65. The van der Waals surface area contributed by atoms with Crippen molar-refractivity contribution >= 4 is 78.0 Å². The predicted molar refractivity (Wildman–Crippen MR) is 138 cm³/mol. The molecule has 3 aromatic rings. The number of hydrogen-bond acceptors (Lipinski definition) is 12. The first-order chi connectivity index (χ1) is 18.9.